The van der Waals surface area contributed by atoms with E-state index in [9.17, 15) is 19.5 Å². The van der Waals surface area contributed by atoms with Gasteiger partial charge in [-0.1, -0.05) is 13.8 Å². The van der Waals surface area contributed by atoms with Crippen LogP contribution in [-0.2, 0) is 14.3 Å². The number of rotatable bonds is 5. The molecule has 1 aromatic rings. The van der Waals surface area contributed by atoms with Gasteiger partial charge in [0.05, 0.1) is 6.10 Å². The van der Waals surface area contributed by atoms with Crippen LogP contribution in [0.4, 0.5) is 0 Å². The second-order valence-electron chi connectivity index (χ2n) is 5.74. The number of hydrogen-bond acceptors (Lipinski definition) is 8. The fraction of sp³-hybridized carbons (Fsp3) is 0.692. The molecule has 0 radical (unpaired) electrons. The quantitative estimate of drug-likeness (QED) is 0.531. The van der Waals surface area contributed by atoms with Crippen molar-refractivity contribution in [1.82, 2.24) is 14.8 Å². The van der Waals surface area contributed by atoms with E-state index in [4.69, 9.17) is 15.2 Å². The van der Waals surface area contributed by atoms with Crippen molar-refractivity contribution in [3.63, 3.8) is 0 Å². The summed E-state index contributed by atoms with van der Waals surface area (Å²) in [5.74, 6) is -0.616. The first-order chi connectivity index (χ1) is 10.8. The summed E-state index contributed by atoms with van der Waals surface area (Å²) in [6, 6.07) is -0.736. The van der Waals surface area contributed by atoms with Crippen molar-refractivity contribution < 1.29 is 19.4 Å². The third-order valence-electron chi connectivity index (χ3n) is 3.55. The molecule has 1 aromatic heterocycles. The molecular weight excluding hydrogens is 308 g/mol. The first-order valence-electron chi connectivity index (χ1n) is 7.23. The van der Waals surface area contributed by atoms with Crippen LogP contribution in [0.5, 0.6) is 0 Å². The van der Waals surface area contributed by atoms with Crippen molar-refractivity contribution in [2.24, 2.45) is 11.7 Å². The van der Waals surface area contributed by atoms with E-state index in [0.717, 1.165) is 10.9 Å². The molecule has 0 amide bonds. The minimum Gasteiger partial charge on any atom is -0.462 e. The molecule has 2 heterocycles. The van der Waals surface area contributed by atoms with E-state index in [1.807, 2.05) is 4.98 Å². The molecule has 1 saturated heterocycles. The standard InChI is InChI=1S/C13H20N4O6/c1-6(2)10(14)12(20)22-5-7-3-8(18)11(23-7)17-13(21)16-9(19)4-15-17/h4,6-8,10-11,18H,3,5,14H2,1-2H3,(H,16,19,21)/t7-,8?,10+,11+/m0/s1. The molecule has 0 spiro atoms. The Morgan fingerprint density at radius 3 is 2.91 bits per heavy atom. The minimum atomic E-state index is -1.05. The first-order valence-corrected chi connectivity index (χ1v) is 7.23. The Morgan fingerprint density at radius 2 is 2.30 bits per heavy atom. The topological polar surface area (TPSA) is 150 Å². The lowest BCUT2D eigenvalue weighted by Gasteiger charge is -2.17. The lowest BCUT2D eigenvalue weighted by molar-refractivity contribution is -0.151. The van der Waals surface area contributed by atoms with Crippen LogP contribution in [0.2, 0.25) is 0 Å². The van der Waals surface area contributed by atoms with Crippen LogP contribution in [0.1, 0.15) is 26.5 Å². The Kier molecular flexibility index (Phi) is 5.29. The zero-order valence-corrected chi connectivity index (χ0v) is 12.8. The zero-order valence-electron chi connectivity index (χ0n) is 12.8. The molecule has 1 aliphatic rings. The van der Waals surface area contributed by atoms with Gasteiger partial charge in [-0.3, -0.25) is 14.6 Å². The first kappa shape index (κ1) is 17.3. The van der Waals surface area contributed by atoms with E-state index >= 15 is 0 Å². The highest BCUT2D eigenvalue weighted by Crippen LogP contribution is 2.27. The van der Waals surface area contributed by atoms with Gasteiger partial charge in [-0.05, 0) is 5.92 Å². The molecular formula is C13H20N4O6. The molecule has 1 fully saturated rings. The highest BCUT2D eigenvalue weighted by Gasteiger charge is 2.37. The fourth-order valence-electron chi connectivity index (χ4n) is 2.14. The summed E-state index contributed by atoms with van der Waals surface area (Å²) in [5, 5.41) is 13.6. The van der Waals surface area contributed by atoms with Crippen LogP contribution in [0.3, 0.4) is 0 Å². The van der Waals surface area contributed by atoms with Gasteiger partial charge in [-0.15, -0.1) is 0 Å². The molecule has 0 aromatic carbocycles. The Morgan fingerprint density at radius 1 is 1.61 bits per heavy atom. The monoisotopic (exact) mass is 328 g/mol. The fourth-order valence-corrected chi connectivity index (χ4v) is 2.14. The number of nitrogens with two attached hydrogens (primary N) is 1. The maximum absolute atomic E-state index is 11.7. The molecule has 1 aliphatic heterocycles. The Balaban J connectivity index is 1.97. The number of nitrogens with one attached hydrogen (secondary N) is 1. The SMILES string of the molecule is CC(C)[C@@H](N)C(=O)OC[C@@H]1CC(O)[C@H](n2ncc(=O)[nH]c2=O)O1. The van der Waals surface area contributed by atoms with Crippen molar-refractivity contribution in [3.8, 4) is 0 Å². The van der Waals surface area contributed by atoms with E-state index in [1.54, 1.807) is 13.8 Å². The molecule has 10 heteroatoms. The molecule has 0 aliphatic carbocycles. The Bertz CT molecular complexity index is 669. The van der Waals surface area contributed by atoms with Crippen molar-refractivity contribution in [2.75, 3.05) is 6.61 Å². The number of aromatic nitrogens is 3. The maximum Gasteiger partial charge on any atom is 0.347 e. The van der Waals surface area contributed by atoms with E-state index in [1.165, 1.54) is 0 Å². The number of aromatic amines is 1. The largest absolute Gasteiger partial charge is 0.462 e. The summed E-state index contributed by atoms with van der Waals surface area (Å²) in [6.45, 7) is 3.50. The minimum absolute atomic E-state index is 0.0609. The number of hydrogen-bond donors (Lipinski definition) is 3. The van der Waals surface area contributed by atoms with Crippen molar-refractivity contribution in [3.05, 3.63) is 27.0 Å². The van der Waals surface area contributed by atoms with Gasteiger partial charge in [-0.2, -0.15) is 9.78 Å². The average Bonchev–Trinajstić information content (AvgIpc) is 2.84. The predicted molar refractivity (Wildman–Crippen MR) is 77.4 cm³/mol. The van der Waals surface area contributed by atoms with E-state index in [2.05, 4.69) is 5.10 Å². The maximum atomic E-state index is 11.7. The number of aliphatic hydroxyl groups excluding tert-OH is 1. The van der Waals surface area contributed by atoms with Gasteiger partial charge in [0, 0.05) is 6.42 Å². The number of carbonyl (C=O) groups excluding carboxylic acids is 1. The Labute approximate surface area is 131 Å². The zero-order chi connectivity index (χ0) is 17.1. The lowest BCUT2D eigenvalue weighted by atomic mass is 10.1. The van der Waals surface area contributed by atoms with Gasteiger partial charge >= 0.3 is 11.7 Å². The predicted octanol–water partition coefficient (Wildman–Crippen LogP) is -1.89. The number of ether oxygens (including phenoxy) is 2. The van der Waals surface area contributed by atoms with Gasteiger partial charge in [0.1, 0.15) is 24.9 Å². The van der Waals surface area contributed by atoms with Crippen LogP contribution in [0, 0.1) is 5.92 Å². The summed E-state index contributed by atoms with van der Waals surface area (Å²) in [7, 11) is 0. The van der Waals surface area contributed by atoms with Gasteiger partial charge in [0.2, 0.25) is 0 Å². The molecule has 0 saturated carbocycles. The van der Waals surface area contributed by atoms with Crippen molar-refractivity contribution in [1.29, 1.82) is 0 Å². The molecule has 10 nitrogen and oxygen atoms in total. The second-order valence-corrected chi connectivity index (χ2v) is 5.74. The average molecular weight is 328 g/mol. The Hall–Kier alpha value is -2.04. The highest BCUT2D eigenvalue weighted by atomic mass is 16.6. The van der Waals surface area contributed by atoms with Crippen molar-refractivity contribution in [2.45, 2.75) is 44.7 Å². The van der Waals surface area contributed by atoms with Crippen LogP contribution >= 0.6 is 0 Å². The van der Waals surface area contributed by atoms with Gasteiger partial charge < -0.3 is 20.3 Å². The van der Waals surface area contributed by atoms with Crippen LogP contribution in [0.25, 0.3) is 0 Å². The molecule has 2 rings (SSSR count). The number of carbonyl (C=O) groups is 1. The molecule has 1 unspecified atom stereocenters. The van der Waals surface area contributed by atoms with Gasteiger partial charge in [-0.25, -0.2) is 4.79 Å². The summed E-state index contributed by atoms with van der Waals surface area (Å²) >= 11 is 0. The summed E-state index contributed by atoms with van der Waals surface area (Å²) in [4.78, 5) is 36.4. The molecule has 4 atom stereocenters. The van der Waals surface area contributed by atoms with Crippen LogP contribution < -0.4 is 17.0 Å². The molecule has 128 valence electrons. The second kappa shape index (κ2) is 7.02. The summed E-state index contributed by atoms with van der Waals surface area (Å²) in [6.07, 6.45) is -1.61. The van der Waals surface area contributed by atoms with E-state index in [0.29, 0.717) is 0 Å². The molecule has 4 N–H and O–H groups in total. The van der Waals surface area contributed by atoms with E-state index < -0.39 is 41.7 Å². The third-order valence-corrected chi connectivity index (χ3v) is 3.55. The third kappa shape index (κ3) is 4.03. The molecule has 0 bridgehead atoms. The number of nitrogens with zero attached hydrogens (tertiary/aromatic N) is 2. The van der Waals surface area contributed by atoms with Crippen LogP contribution in [-0.4, -0.2) is 50.7 Å². The lowest BCUT2D eigenvalue weighted by Crippen LogP contribution is -2.38. The number of aliphatic hydroxyl groups is 1. The number of H-pyrrole nitrogens is 1. The van der Waals surface area contributed by atoms with E-state index in [-0.39, 0.29) is 18.9 Å². The summed E-state index contributed by atoms with van der Waals surface area (Å²) in [5.41, 5.74) is 4.23. The number of esters is 1. The van der Waals surface area contributed by atoms with Gasteiger partial charge in [0.25, 0.3) is 5.56 Å². The smallest absolute Gasteiger partial charge is 0.347 e. The van der Waals surface area contributed by atoms with Gasteiger partial charge in [0.15, 0.2) is 6.23 Å². The molecule has 23 heavy (non-hydrogen) atoms. The van der Waals surface area contributed by atoms with Crippen molar-refractivity contribution >= 4 is 5.97 Å². The summed E-state index contributed by atoms with van der Waals surface area (Å²) < 4.78 is 11.4. The van der Waals surface area contributed by atoms with Crippen LogP contribution in [0.15, 0.2) is 15.8 Å². The highest BCUT2D eigenvalue weighted by molar-refractivity contribution is 5.75. The normalized spacial score (nSPS) is 25.5.